The highest BCUT2D eigenvalue weighted by Crippen LogP contribution is 2.38. The first-order chi connectivity index (χ1) is 12.7. The van der Waals surface area contributed by atoms with Crippen LogP contribution in [0.15, 0.2) is 35.2 Å². The molecule has 0 radical (unpaired) electrons. The molecular weight excluding hydrogens is 373 g/mol. The van der Waals surface area contributed by atoms with Crippen molar-refractivity contribution < 1.29 is 27.0 Å². The molecule has 0 N–H and O–H groups in total. The minimum atomic E-state index is -3.72. The summed E-state index contributed by atoms with van der Waals surface area (Å²) in [5.41, 5.74) is 1.21. The number of nitrogens with zero attached hydrogens (tertiary/aromatic N) is 1. The second-order valence-corrected chi connectivity index (χ2v) is 8.03. The van der Waals surface area contributed by atoms with Gasteiger partial charge in [0.1, 0.15) is 5.82 Å². The molecule has 0 amide bonds. The number of hydrogen-bond acceptors (Lipinski definition) is 5. The molecule has 0 spiro atoms. The Bertz CT molecular complexity index is 889. The van der Waals surface area contributed by atoms with Gasteiger partial charge in [0.15, 0.2) is 11.5 Å². The van der Waals surface area contributed by atoms with E-state index in [0.717, 1.165) is 11.6 Å². The molecule has 8 heteroatoms. The number of benzene rings is 2. The first kappa shape index (κ1) is 21.0. The average molecular weight is 397 g/mol. The van der Waals surface area contributed by atoms with Crippen molar-refractivity contribution in [2.45, 2.75) is 18.2 Å². The summed E-state index contributed by atoms with van der Waals surface area (Å²) in [6, 6.07) is 7.21. The SMILES string of the molecule is COc1cc(CCN(C)S(=O)(=O)c2ccc(F)cc2C)cc(OC)c1OC. The van der Waals surface area contributed by atoms with Crippen LogP contribution < -0.4 is 14.2 Å². The van der Waals surface area contributed by atoms with E-state index in [0.29, 0.717) is 29.2 Å². The first-order valence-corrected chi connectivity index (χ1v) is 9.70. The summed E-state index contributed by atoms with van der Waals surface area (Å²) in [5, 5.41) is 0. The van der Waals surface area contributed by atoms with Crippen LogP contribution in [0.25, 0.3) is 0 Å². The Balaban J connectivity index is 2.23. The summed E-state index contributed by atoms with van der Waals surface area (Å²) in [7, 11) is 2.34. The van der Waals surface area contributed by atoms with Crippen LogP contribution in [-0.2, 0) is 16.4 Å². The largest absolute Gasteiger partial charge is 0.493 e. The van der Waals surface area contributed by atoms with E-state index in [1.165, 1.54) is 44.8 Å². The summed E-state index contributed by atoms with van der Waals surface area (Å²) >= 11 is 0. The highest BCUT2D eigenvalue weighted by atomic mass is 32.2. The number of sulfonamides is 1. The summed E-state index contributed by atoms with van der Waals surface area (Å²) in [5.74, 6) is 1.02. The van der Waals surface area contributed by atoms with Gasteiger partial charge >= 0.3 is 0 Å². The lowest BCUT2D eigenvalue weighted by Gasteiger charge is -2.19. The monoisotopic (exact) mass is 397 g/mol. The quantitative estimate of drug-likeness (QED) is 0.685. The van der Waals surface area contributed by atoms with Gasteiger partial charge in [-0.3, -0.25) is 0 Å². The van der Waals surface area contributed by atoms with Crippen molar-refractivity contribution >= 4 is 10.0 Å². The van der Waals surface area contributed by atoms with Crippen LogP contribution in [0.3, 0.4) is 0 Å². The van der Waals surface area contributed by atoms with Crippen LogP contribution in [0, 0.1) is 12.7 Å². The maximum absolute atomic E-state index is 13.3. The van der Waals surface area contributed by atoms with Gasteiger partial charge in [0.05, 0.1) is 26.2 Å². The zero-order valence-corrected chi connectivity index (χ0v) is 16.9. The minimum absolute atomic E-state index is 0.0938. The van der Waals surface area contributed by atoms with Crippen LogP contribution in [0.5, 0.6) is 17.2 Å². The third-order valence-corrected chi connectivity index (χ3v) is 6.28. The molecule has 0 fully saturated rings. The Labute approximate surface area is 159 Å². The Morgan fingerprint density at radius 2 is 1.59 bits per heavy atom. The van der Waals surface area contributed by atoms with Crippen molar-refractivity contribution in [3.8, 4) is 17.2 Å². The van der Waals surface area contributed by atoms with Gasteiger partial charge in [-0.05, 0) is 54.8 Å². The number of ether oxygens (including phenoxy) is 3. The molecule has 0 saturated carbocycles. The van der Waals surface area contributed by atoms with E-state index in [1.54, 1.807) is 19.1 Å². The molecule has 148 valence electrons. The molecule has 27 heavy (non-hydrogen) atoms. The van der Waals surface area contributed by atoms with Crippen LogP contribution in [0.1, 0.15) is 11.1 Å². The van der Waals surface area contributed by atoms with Gasteiger partial charge in [0.2, 0.25) is 15.8 Å². The molecule has 0 saturated heterocycles. The highest BCUT2D eigenvalue weighted by molar-refractivity contribution is 7.89. The number of halogens is 1. The van der Waals surface area contributed by atoms with Crippen LogP contribution in [0.4, 0.5) is 4.39 Å². The molecule has 2 aromatic carbocycles. The summed E-state index contributed by atoms with van der Waals surface area (Å²) < 4.78 is 56.0. The Hall–Kier alpha value is -2.32. The zero-order chi connectivity index (χ0) is 20.2. The van der Waals surface area contributed by atoms with E-state index in [4.69, 9.17) is 14.2 Å². The van der Waals surface area contributed by atoms with Gasteiger partial charge in [-0.1, -0.05) is 0 Å². The summed E-state index contributed by atoms with van der Waals surface area (Å²) in [6.45, 7) is 1.81. The lowest BCUT2D eigenvalue weighted by Crippen LogP contribution is -2.29. The summed E-state index contributed by atoms with van der Waals surface area (Å²) in [4.78, 5) is 0.0938. The van der Waals surface area contributed by atoms with Crippen molar-refractivity contribution in [3.63, 3.8) is 0 Å². The first-order valence-electron chi connectivity index (χ1n) is 8.26. The number of rotatable bonds is 8. The molecule has 0 unspecified atom stereocenters. The van der Waals surface area contributed by atoms with Crippen LogP contribution >= 0.6 is 0 Å². The Morgan fingerprint density at radius 3 is 2.07 bits per heavy atom. The third kappa shape index (κ3) is 4.51. The Morgan fingerprint density at radius 1 is 1.00 bits per heavy atom. The third-order valence-electron chi connectivity index (χ3n) is 4.27. The Kier molecular flexibility index (Phi) is 6.67. The van der Waals surface area contributed by atoms with Crippen molar-refractivity contribution in [1.29, 1.82) is 0 Å². The normalized spacial score (nSPS) is 11.5. The predicted molar refractivity (Wildman–Crippen MR) is 101 cm³/mol. The van der Waals surface area contributed by atoms with Gasteiger partial charge in [-0.25, -0.2) is 17.1 Å². The second kappa shape index (κ2) is 8.58. The topological polar surface area (TPSA) is 65.1 Å². The van der Waals surface area contributed by atoms with Crippen LogP contribution in [-0.4, -0.2) is 47.6 Å². The fourth-order valence-corrected chi connectivity index (χ4v) is 4.13. The molecule has 0 aromatic heterocycles. The molecule has 2 rings (SSSR count). The van der Waals surface area contributed by atoms with Crippen molar-refractivity contribution in [2.24, 2.45) is 0 Å². The van der Waals surface area contributed by atoms with Gasteiger partial charge in [0.25, 0.3) is 0 Å². The van der Waals surface area contributed by atoms with E-state index in [1.807, 2.05) is 0 Å². The minimum Gasteiger partial charge on any atom is -0.493 e. The molecule has 0 heterocycles. The average Bonchev–Trinajstić information content (AvgIpc) is 2.64. The molecule has 0 aliphatic carbocycles. The fraction of sp³-hybridized carbons (Fsp3) is 0.368. The lowest BCUT2D eigenvalue weighted by atomic mass is 10.1. The van der Waals surface area contributed by atoms with Gasteiger partial charge in [-0.15, -0.1) is 0 Å². The lowest BCUT2D eigenvalue weighted by molar-refractivity contribution is 0.323. The summed E-state index contributed by atoms with van der Waals surface area (Å²) in [6.07, 6.45) is 0.437. The van der Waals surface area contributed by atoms with Gasteiger partial charge < -0.3 is 14.2 Å². The van der Waals surface area contributed by atoms with E-state index in [2.05, 4.69) is 0 Å². The highest BCUT2D eigenvalue weighted by Gasteiger charge is 2.23. The maximum Gasteiger partial charge on any atom is 0.243 e. The molecular formula is C19H24FNO5S. The molecule has 2 aromatic rings. The number of hydrogen-bond donors (Lipinski definition) is 0. The van der Waals surface area contributed by atoms with Gasteiger partial charge in [-0.2, -0.15) is 0 Å². The number of aryl methyl sites for hydroxylation is 1. The van der Waals surface area contributed by atoms with Crippen molar-refractivity contribution in [3.05, 3.63) is 47.3 Å². The molecule has 6 nitrogen and oxygen atoms in total. The van der Waals surface area contributed by atoms with E-state index in [9.17, 15) is 12.8 Å². The standard InChI is InChI=1S/C19H24FNO5S/c1-13-10-15(20)6-7-18(13)27(22,23)21(2)9-8-14-11-16(24-3)19(26-5)17(12-14)25-4/h6-7,10-12H,8-9H2,1-5H3. The molecule has 0 bridgehead atoms. The number of likely N-dealkylation sites (N-methyl/N-ethyl adjacent to an activating group) is 1. The maximum atomic E-state index is 13.3. The molecule has 0 aliphatic heterocycles. The smallest absolute Gasteiger partial charge is 0.243 e. The molecule has 0 atom stereocenters. The number of methoxy groups -OCH3 is 3. The molecule has 0 aliphatic rings. The van der Waals surface area contributed by atoms with Crippen LogP contribution in [0.2, 0.25) is 0 Å². The van der Waals surface area contributed by atoms with E-state index < -0.39 is 15.8 Å². The van der Waals surface area contributed by atoms with Crippen molar-refractivity contribution in [2.75, 3.05) is 34.9 Å². The van der Waals surface area contributed by atoms with Crippen molar-refractivity contribution in [1.82, 2.24) is 4.31 Å². The van der Waals surface area contributed by atoms with E-state index >= 15 is 0 Å². The predicted octanol–water partition coefficient (Wildman–Crippen LogP) is 3.02. The fourth-order valence-electron chi connectivity index (χ4n) is 2.76. The van der Waals surface area contributed by atoms with Gasteiger partial charge in [0, 0.05) is 13.6 Å². The zero-order valence-electron chi connectivity index (χ0n) is 16.1. The second-order valence-electron chi connectivity index (χ2n) is 6.02. The van der Waals surface area contributed by atoms with E-state index in [-0.39, 0.29) is 11.4 Å².